The Labute approximate surface area is 172 Å². The number of nitrogens with zero attached hydrogens (tertiary/aromatic N) is 3. The summed E-state index contributed by atoms with van der Waals surface area (Å²) < 4.78 is 19.0. The second-order valence-electron chi connectivity index (χ2n) is 7.71. The molecule has 2 atom stereocenters. The second kappa shape index (κ2) is 6.88. The number of aromatic nitrogens is 2. The van der Waals surface area contributed by atoms with Gasteiger partial charge in [0.05, 0.1) is 17.8 Å². The molecular formula is C22H18FN5O2. The minimum Gasteiger partial charge on any atom is -0.457 e. The van der Waals surface area contributed by atoms with Crippen LogP contribution in [0.25, 0.3) is 11.3 Å². The zero-order chi connectivity index (χ0) is 20.7. The average Bonchev–Trinajstić information content (AvgIpc) is 3.10. The summed E-state index contributed by atoms with van der Waals surface area (Å²) in [6, 6.07) is 14.7. The van der Waals surface area contributed by atoms with Gasteiger partial charge in [-0.3, -0.25) is 9.89 Å². The van der Waals surface area contributed by atoms with Crippen LogP contribution in [0.4, 0.5) is 4.39 Å². The van der Waals surface area contributed by atoms with Crippen LogP contribution in [-0.2, 0) is 0 Å². The van der Waals surface area contributed by atoms with E-state index in [9.17, 15) is 9.18 Å². The van der Waals surface area contributed by atoms with Gasteiger partial charge in [0, 0.05) is 18.0 Å². The van der Waals surface area contributed by atoms with Crippen molar-refractivity contribution < 1.29 is 13.9 Å². The zero-order valence-electron chi connectivity index (χ0n) is 15.9. The highest BCUT2D eigenvalue weighted by molar-refractivity contribution is 5.94. The maximum absolute atomic E-state index is 13.1. The lowest BCUT2D eigenvalue weighted by molar-refractivity contribution is 0.0924. The summed E-state index contributed by atoms with van der Waals surface area (Å²) in [7, 11) is 0. The molecule has 1 aromatic heterocycles. The molecule has 1 amide bonds. The number of aromatic amines is 1. The average molecular weight is 403 g/mol. The van der Waals surface area contributed by atoms with E-state index in [0.29, 0.717) is 47.5 Å². The molecule has 30 heavy (non-hydrogen) atoms. The molecule has 1 unspecified atom stereocenters. The van der Waals surface area contributed by atoms with E-state index >= 15 is 0 Å². The van der Waals surface area contributed by atoms with E-state index in [2.05, 4.69) is 21.7 Å². The first kappa shape index (κ1) is 18.2. The molecule has 2 N–H and O–H groups in total. The van der Waals surface area contributed by atoms with E-state index in [0.717, 1.165) is 6.42 Å². The van der Waals surface area contributed by atoms with Gasteiger partial charge < -0.3 is 15.0 Å². The van der Waals surface area contributed by atoms with Crippen molar-refractivity contribution in [3.8, 4) is 28.9 Å². The van der Waals surface area contributed by atoms with Gasteiger partial charge in [0.25, 0.3) is 5.91 Å². The van der Waals surface area contributed by atoms with Crippen molar-refractivity contribution in [3.63, 3.8) is 0 Å². The van der Waals surface area contributed by atoms with Crippen LogP contribution in [0.15, 0.2) is 54.6 Å². The topological polar surface area (TPSA) is 94.0 Å². The van der Waals surface area contributed by atoms with E-state index in [-0.39, 0.29) is 17.3 Å². The lowest BCUT2D eigenvalue weighted by atomic mass is 10.1. The number of hydrogen-bond acceptors (Lipinski definition) is 5. The molecule has 0 radical (unpaired) electrons. The molecule has 1 aliphatic heterocycles. The predicted octanol–water partition coefficient (Wildman–Crippen LogP) is 3.29. The zero-order valence-corrected chi connectivity index (χ0v) is 15.9. The molecule has 2 aromatic carbocycles. The van der Waals surface area contributed by atoms with Crippen molar-refractivity contribution in [2.75, 3.05) is 13.1 Å². The lowest BCUT2D eigenvalue weighted by Gasteiger charge is -2.16. The number of amides is 1. The fourth-order valence-electron chi connectivity index (χ4n) is 4.02. The third-order valence-corrected chi connectivity index (χ3v) is 5.68. The number of carbonyl (C=O) groups excluding carboxylic acids is 1. The molecule has 5 rings (SSSR count). The molecule has 7 nitrogen and oxygen atoms in total. The van der Waals surface area contributed by atoms with Gasteiger partial charge in [-0.05, 0) is 48.9 Å². The lowest BCUT2D eigenvalue weighted by Crippen LogP contribution is -2.41. The Bertz CT molecular complexity index is 1150. The molecule has 2 aliphatic rings. The highest BCUT2D eigenvalue weighted by atomic mass is 19.1. The van der Waals surface area contributed by atoms with Gasteiger partial charge in [-0.1, -0.05) is 12.1 Å². The number of carbonyl (C=O) groups is 1. The molecule has 0 spiro atoms. The van der Waals surface area contributed by atoms with E-state index < -0.39 is 0 Å². The fraction of sp³-hybridized carbons (Fsp3) is 0.227. The fourth-order valence-corrected chi connectivity index (χ4v) is 4.02. The number of likely N-dealkylation sites (tertiary alicyclic amines) is 1. The Hall–Kier alpha value is -3.86. The number of nitrogens with one attached hydrogen (secondary N) is 2. The van der Waals surface area contributed by atoms with Crippen molar-refractivity contribution >= 4 is 5.91 Å². The number of ether oxygens (including phenoxy) is 1. The van der Waals surface area contributed by atoms with Crippen LogP contribution in [0.3, 0.4) is 0 Å². The maximum atomic E-state index is 13.1. The smallest absolute Gasteiger partial charge is 0.269 e. The van der Waals surface area contributed by atoms with Crippen LogP contribution >= 0.6 is 0 Å². The number of piperidine rings is 1. The number of para-hydroxylation sites is 1. The molecule has 150 valence electrons. The Morgan fingerprint density at radius 1 is 1.30 bits per heavy atom. The quantitative estimate of drug-likeness (QED) is 0.638. The predicted molar refractivity (Wildman–Crippen MR) is 106 cm³/mol. The van der Waals surface area contributed by atoms with Crippen molar-refractivity contribution in [1.82, 2.24) is 20.4 Å². The van der Waals surface area contributed by atoms with Crippen LogP contribution in [0.5, 0.6) is 11.5 Å². The van der Waals surface area contributed by atoms with Gasteiger partial charge in [-0.2, -0.15) is 10.4 Å². The van der Waals surface area contributed by atoms with E-state index in [1.165, 1.54) is 12.1 Å². The third-order valence-electron chi connectivity index (χ3n) is 5.68. The first-order chi connectivity index (χ1) is 14.6. The molecule has 1 saturated carbocycles. The van der Waals surface area contributed by atoms with Gasteiger partial charge in [0.15, 0.2) is 6.19 Å². The molecule has 3 aromatic rings. The summed E-state index contributed by atoms with van der Waals surface area (Å²) >= 11 is 0. The summed E-state index contributed by atoms with van der Waals surface area (Å²) in [4.78, 5) is 14.4. The Morgan fingerprint density at radius 3 is 2.87 bits per heavy atom. The Kier molecular flexibility index (Phi) is 4.17. The molecule has 1 aliphatic carbocycles. The Balaban J connectivity index is 1.34. The monoisotopic (exact) mass is 403 g/mol. The highest BCUT2D eigenvalue weighted by Crippen LogP contribution is 2.49. The number of nitriles is 1. The first-order valence-corrected chi connectivity index (χ1v) is 9.62. The van der Waals surface area contributed by atoms with Gasteiger partial charge in [0.2, 0.25) is 0 Å². The number of H-pyrrole nitrogens is 1. The summed E-state index contributed by atoms with van der Waals surface area (Å²) in [5.74, 6) is 0.792. The van der Waals surface area contributed by atoms with Gasteiger partial charge in [0.1, 0.15) is 23.0 Å². The molecule has 2 fully saturated rings. The highest BCUT2D eigenvalue weighted by Gasteiger charge is 2.61. The van der Waals surface area contributed by atoms with Crippen LogP contribution in [-0.4, -0.2) is 39.6 Å². The third kappa shape index (κ3) is 3.24. The van der Waals surface area contributed by atoms with Crippen LogP contribution < -0.4 is 10.1 Å². The number of halogens is 1. The molecule has 2 heterocycles. The van der Waals surface area contributed by atoms with E-state index in [1.807, 2.05) is 18.2 Å². The molecule has 0 bridgehead atoms. The SMILES string of the molecule is N#CN1CC2C[C@]2(NC(=O)c2cc(-c3ccccc3Oc3ccc(F)cc3)n[nH]2)C1. The summed E-state index contributed by atoms with van der Waals surface area (Å²) in [6.07, 6.45) is 3.04. The molecular weight excluding hydrogens is 385 g/mol. The standard InChI is InChI=1S/C22H18FN5O2/c23-15-5-7-16(8-6-15)30-20-4-2-1-3-17(20)18-9-19(27-26-18)21(29)25-22-10-14(22)11-28(12-22)13-24/h1-9,14H,10-12H2,(H,25,29)(H,26,27)/t14?,22-/m0/s1. The second-order valence-corrected chi connectivity index (χ2v) is 7.71. The molecule has 8 heteroatoms. The number of benzene rings is 2. The maximum Gasteiger partial charge on any atom is 0.269 e. The Morgan fingerprint density at radius 2 is 2.10 bits per heavy atom. The summed E-state index contributed by atoms with van der Waals surface area (Å²) in [5, 5.41) is 19.2. The van der Waals surface area contributed by atoms with Crippen LogP contribution in [0, 0.1) is 23.2 Å². The van der Waals surface area contributed by atoms with Gasteiger partial charge >= 0.3 is 0 Å². The first-order valence-electron chi connectivity index (χ1n) is 9.62. The van der Waals surface area contributed by atoms with E-state index in [4.69, 9.17) is 10.00 Å². The van der Waals surface area contributed by atoms with Crippen molar-refractivity contribution in [3.05, 3.63) is 66.1 Å². The molecule has 1 saturated heterocycles. The number of rotatable bonds is 5. The summed E-state index contributed by atoms with van der Waals surface area (Å²) in [5.41, 5.74) is 1.31. The van der Waals surface area contributed by atoms with Crippen molar-refractivity contribution in [1.29, 1.82) is 5.26 Å². The number of fused-ring (bicyclic) bond motifs is 1. The van der Waals surface area contributed by atoms with Gasteiger partial charge in [-0.25, -0.2) is 4.39 Å². The normalized spacial score (nSPS) is 21.6. The van der Waals surface area contributed by atoms with E-state index in [1.54, 1.807) is 29.2 Å². The number of hydrogen-bond donors (Lipinski definition) is 2. The minimum absolute atomic E-state index is 0.243. The van der Waals surface area contributed by atoms with Crippen molar-refractivity contribution in [2.24, 2.45) is 5.92 Å². The minimum atomic E-state index is -0.337. The van der Waals surface area contributed by atoms with Crippen molar-refractivity contribution in [2.45, 2.75) is 12.0 Å². The largest absolute Gasteiger partial charge is 0.457 e. The van der Waals surface area contributed by atoms with Crippen LogP contribution in [0.1, 0.15) is 16.9 Å². The summed E-state index contributed by atoms with van der Waals surface area (Å²) in [6.45, 7) is 1.24. The van der Waals surface area contributed by atoms with Gasteiger partial charge in [-0.15, -0.1) is 0 Å². The van der Waals surface area contributed by atoms with Crippen LogP contribution in [0.2, 0.25) is 0 Å².